The molecule has 0 aliphatic rings. The number of nitrogens with zero attached hydrogens (tertiary/aromatic N) is 3. The highest BCUT2D eigenvalue weighted by atomic mass is 127. The van der Waals surface area contributed by atoms with E-state index in [1.807, 2.05) is 6.92 Å². The molecule has 12 heteroatoms. The van der Waals surface area contributed by atoms with E-state index in [1.165, 1.54) is 0 Å². The number of ether oxygens (including phenoxy) is 2. The van der Waals surface area contributed by atoms with Crippen molar-refractivity contribution in [1.82, 2.24) is 25.8 Å². The molecule has 0 radical (unpaired) electrons. The number of alkyl halides is 2. The lowest BCUT2D eigenvalue weighted by atomic mass is 10.2. The van der Waals surface area contributed by atoms with Crippen LogP contribution in [0.5, 0.6) is 11.5 Å². The number of furan rings is 1. The molecule has 0 aliphatic carbocycles. The molecule has 0 bridgehead atoms. The summed E-state index contributed by atoms with van der Waals surface area (Å²) in [6.45, 7) is 2.37. The molecule has 9 nitrogen and oxygen atoms in total. The minimum atomic E-state index is -2.96. The Morgan fingerprint density at radius 2 is 2.06 bits per heavy atom. The number of H-pyrrole nitrogens is 1. The Morgan fingerprint density at radius 1 is 1.21 bits per heavy atom. The molecule has 0 unspecified atom stereocenters. The minimum absolute atomic E-state index is 0. The van der Waals surface area contributed by atoms with Crippen LogP contribution in [0.4, 0.5) is 8.78 Å². The fourth-order valence-corrected chi connectivity index (χ4v) is 2.91. The fourth-order valence-electron chi connectivity index (χ4n) is 2.91. The predicted molar refractivity (Wildman–Crippen MR) is 130 cm³/mol. The molecule has 2 heterocycles. The van der Waals surface area contributed by atoms with E-state index in [0.29, 0.717) is 55.0 Å². The summed E-state index contributed by atoms with van der Waals surface area (Å²) >= 11 is 0. The number of guanidine groups is 1. The van der Waals surface area contributed by atoms with E-state index in [2.05, 4.69) is 30.8 Å². The molecule has 3 N–H and O–H groups in total. The van der Waals surface area contributed by atoms with Gasteiger partial charge in [-0.2, -0.15) is 13.9 Å². The molecular formula is C21H27F2IN6O3. The Hall–Kier alpha value is -2.90. The predicted octanol–water partition coefficient (Wildman–Crippen LogP) is 3.98. The zero-order chi connectivity index (χ0) is 22.8. The normalized spacial score (nSPS) is 11.2. The summed E-state index contributed by atoms with van der Waals surface area (Å²) in [5.74, 6) is 2.56. The number of para-hydroxylation sites is 1. The number of benzene rings is 1. The number of halogens is 3. The topological polar surface area (TPSA) is 110 Å². The monoisotopic (exact) mass is 576 g/mol. The van der Waals surface area contributed by atoms with E-state index in [1.54, 1.807) is 43.5 Å². The number of aromatic amines is 1. The Labute approximate surface area is 207 Å². The van der Waals surface area contributed by atoms with Crippen LogP contribution in [0.2, 0.25) is 0 Å². The van der Waals surface area contributed by atoms with Gasteiger partial charge in [0.25, 0.3) is 0 Å². The highest BCUT2D eigenvalue weighted by Crippen LogP contribution is 2.33. The maximum absolute atomic E-state index is 12.9. The van der Waals surface area contributed by atoms with E-state index in [4.69, 9.17) is 13.9 Å². The highest BCUT2D eigenvalue weighted by molar-refractivity contribution is 14.0. The molecule has 0 aliphatic heterocycles. The molecule has 0 spiro atoms. The molecule has 33 heavy (non-hydrogen) atoms. The molecule has 0 saturated heterocycles. The van der Waals surface area contributed by atoms with Crippen LogP contribution in [0.15, 0.2) is 46.0 Å². The summed E-state index contributed by atoms with van der Waals surface area (Å²) in [4.78, 5) is 8.88. The lowest BCUT2D eigenvalue weighted by Crippen LogP contribution is -2.38. The first-order valence-corrected chi connectivity index (χ1v) is 10.3. The number of nitrogens with one attached hydrogen (secondary N) is 3. The SMILES string of the molecule is CCNC(=NCc1cccc(OCC)c1OC(F)F)NCCc1nc(-c2ccco2)n[nH]1.I. The second kappa shape index (κ2) is 13.6. The second-order valence-corrected chi connectivity index (χ2v) is 6.51. The Kier molecular flexibility index (Phi) is 10.9. The maximum Gasteiger partial charge on any atom is 0.387 e. The molecule has 0 amide bonds. The van der Waals surface area contributed by atoms with Gasteiger partial charge >= 0.3 is 6.61 Å². The quantitative estimate of drug-likeness (QED) is 0.180. The Bertz CT molecular complexity index is 998. The first-order valence-electron chi connectivity index (χ1n) is 10.3. The molecule has 3 aromatic rings. The molecule has 0 saturated carbocycles. The lowest BCUT2D eigenvalue weighted by molar-refractivity contribution is -0.0520. The second-order valence-electron chi connectivity index (χ2n) is 6.51. The van der Waals surface area contributed by atoms with Crippen LogP contribution in [0.1, 0.15) is 25.2 Å². The van der Waals surface area contributed by atoms with Gasteiger partial charge in [-0.25, -0.2) is 9.98 Å². The van der Waals surface area contributed by atoms with Crippen molar-refractivity contribution >= 4 is 29.9 Å². The van der Waals surface area contributed by atoms with E-state index >= 15 is 0 Å². The maximum atomic E-state index is 12.9. The Balaban J connectivity index is 0.00000385. The minimum Gasteiger partial charge on any atom is -0.490 e. The lowest BCUT2D eigenvalue weighted by Gasteiger charge is -2.15. The van der Waals surface area contributed by atoms with Gasteiger partial charge in [-0.05, 0) is 32.0 Å². The van der Waals surface area contributed by atoms with E-state index in [0.717, 1.165) is 0 Å². The molecular weight excluding hydrogens is 549 g/mol. The first kappa shape index (κ1) is 26.4. The van der Waals surface area contributed by atoms with Crippen molar-refractivity contribution in [3.8, 4) is 23.1 Å². The molecule has 180 valence electrons. The molecule has 3 rings (SSSR count). The third-order valence-electron chi connectivity index (χ3n) is 4.25. The largest absolute Gasteiger partial charge is 0.490 e. The van der Waals surface area contributed by atoms with Crippen molar-refractivity contribution in [3.05, 3.63) is 48.0 Å². The summed E-state index contributed by atoms with van der Waals surface area (Å²) in [7, 11) is 0. The Morgan fingerprint density at radius 3 is 2.76 bits per heavy atom. The number of aliphatic imine (C=N–C) groups is 1. The van der Waals surface area contributed by atoms with Gasteiger partial charge in [-0.1, -0.05) is 12.1 Å². The summed E-state index contributed by atoms with van der Waals surface area (Å²) in [5.41, 5.74) is 0.492. The van der Waals surface area contributed by atoms with Crippen LogP contribution in [0.3, 0.4) is 0 Å². The zero-order valence-electron chi connectivity index (χ0n) is 18.3. The highest BCUT2D eigenvalue weighted by Gasteiger charge is 2.16. The van der Waals surface area contributed by atoms with Crippen molar-refractivity contribution in [2.75, 3.05) is 19.7 Å². The van der Waals surface area contributed by atoms with E-state index < -0.39 is 6.61 Å². The zero-order valence-corrected chi connectivity index (χ0v) is 20.6. The summed E-state index contributed by atoms with van der Waals surface area (Å²) < 4.78 is 41.2. The summed E-state index contributed by atoms with van der Waals surface area (Å²) in [6, 6.07) is 8.54. The average molecular weight is 576 g/mol. The van der Waals surface area contributed by atoms with Gasteiger partial charge in [0.2, 0.25) is 5.82 Å². The van der Waals surface area contributed by atoms with Gasteiger partial charge in [0.05, 0.1) is 19.4 Å². The van der Waals surface area contributed by atoms with Crippen LogP contribution >= 0.6 is 24.0 Å². The van der Waals surface area contributed by atoms with Crippen LogP contribution < -0.4 is 20.1 Å². The van der Waals surface area contributed by atoms with Gasteiger partial charge in [0.1, 0.15) is 5.82 Å². The molecule has 0 fully saturated rings. The average Bonchev–Trinajstić information content (AvgIpc) is 3.45. The van der Waals surface area contributed by atoms with Gasteiger partial charge in [0, 0.05) is 25.1 Å². The van der Waals surface area contributed by atoms with Crippen molar-refractivity contribution in [1.29, 1.82) is 0 Å². The van der Waals surface area contributed by atoms with E-state index in [9.17, 15) is 8.78 Å². The van der Waals surface area contributed by atoms with Crippen LogP contribution in [-0.2, 0) is 13.0 Å². The first-order chi connectivity index (χ1) is 15.6. The van der Waals surface area contributed by atoms with Crippen molar-refractivity contribution in [2.24, 2.45) is 4.99 Å². The third kappa shape index (κ3) is 7.87. The number of hydrogen-bond acceptors (Lipinski definition) is 6. The standard InChI is InChI=1S/C21H26F2N6O3.HI/c1-3-24-21(25-11-10-17-27-19(29-28-17)16-9-6-12-31-16)26-13-14-7-5-8-15(30-4-2)18(14)32-20(22)23;/h5-9,12,20H,3-4,10-11,13H2,1-2H3,(H2,24,25,26)(H,27,28,29);1H. The summed E-state index contributed by atoms with van der Waals surface area (Å²) in [5, 5.41) is 13.3. The molecule has 1 aromatic carbocycles. The van der Waals surface area contributed by atoms with Crippen LogP contribution in [0, 0.1) is 0 Å². The number of hydrogen-bond donors (Lipinski definition) is 3. The van der Waals surface area contributed by atoms with Crippen molar-refractivity contribution < 1.29 is 22.7 Å². The van der Waals surface area contributed by atoms with E-state index in [-0.39, 0.29) is 42.0 Å². The van der Waals surface area contributed by atoms with Gasteiger partial charge in [-0.15, -0.1) is 24.0 Å². The van der Waals surface area contributed by atoms with Crippen LogP contribution in [-0.4, -0.2) is 47.4 Å². The third-order valence-corrected chi connectivity index (χ3v) is 4.25. The molecule has 0 atom stereocenters. The van der Waals surface area contributed by atoms with Gasteiger partial charge in [0.15, 0.2) is 23.2 Å². The fraction of sp³-hybridized carbons (Fsp3) is 0.381. The summed E-state index contributed by atoms with van der Waals surface area (Å²) in [6.07, 6.45) is 2.13. The van der Waals surface area contributed by atoms with Crippen LogP contribution in [0.25, 0.3) is 11.6 Å². The van der Waals surface area contributed by atoms with Gasteiger partial charge < -0.3 is 24.5 Å². The number of rotatable bonds is 11. The smallest absolute Gasteiger partial charge is 0.387 e. The van der Waals surface area contributed by atoms with Crippen molar-refractivity contribution in [3.63, 3.8) is 0 Å². The number of aromatic nitrogens is 3. The molecule has 2 aromatic heterocycles. The van der Waals surface area contributed by atoms with Crippen molar-refractivity contribution in [2.45, 2.75) is 33.4 Å². The van der Waals surface area contributed by atoms with Gasteiger partial charge in [-0.3, -0.25) is 5.10 Å².